The van der Waals surface area contributed by atoms with Gasteiger partial charge in [-0.25, -0.2) is 4.98 Å². The molecular formula is C8H3BrCl2N4. The molecule has 0 atom stereocenters. The van der Waals surface area contributed by atoms with Crippen LogP contribution in [0.3, 0.4) is 0 Å². The van der Waals surface area contributed by atoms with Crippen molar-refractivity contribution in [1.29, 1.82) is 0 Å². The average Bonchev–Trinajstić information content (AvgIpc) is 2.16. The van der Waals surface area contributed by atoms with E-state index in [0.717, 1.165) is 0 Å². The lowest BCUT2D eigenvalue weighted by atomic mass is 10.3. The minimum atomic E-state index is 0.0479. The van der Waals surface area contributed by atoms with Gasteiger partial charge in [-0.15, -0.1) is 0 Å². The van der Waals surface area contributed by atoms with Gasteiger partial charge in [0.25, 0.3) is 0 Å². The van der Waals surface area contributed by atoms with Crippen molar-refractivity contribution in [2.75, 3.05) is 0 Å². The van der Waals surface area contributed by atoms with Crippen LogP contribution in [-0.2, 0) is 0 Å². The first-order valence-electron chi connectivity index (χ1n) is 3.85. The number of rotatable bonds is 1. The first-order chi connectivity index (χ1) is 7.15. The highest BCUT2D eigenvalue weighted by molar-refractivity contribution is 9.10. The summed E-state index contributed by atoms with van der Waals surface area (Å²) in [4.78, 5) is 15.7. The molecule has 0 bridgehead atoms. The summed E-state index contributed by atoms with van der Waals surface area (Å²) in [5.74, 6) is 0.348. The van der Waals surface area contributed by atoms with Gasteiger partial charge >= 0.3 is 0 Å². The van der Waals surface area contributed by atoms with Crippen LogP contribution in [0.5, 0.6) is 0 Å². The first-order valence-corrected chi connectivity index (χ1v) is 5.40. The Labute approximate surface area is 104 Å². The second kappa shape index (κ2) is 4.38. The minimum absolute atomic E-state index is 0.0479. The second-order valence-electron chi connectivity index (χ2n) is 2.54. The molecule has 0 spiro atoms. The third-order valence-electron chi connectivity index (χ3n) is 1.53. The van der Waals surface area contributed by atoms with Crippen molar-refractivity contribution in [2.45, 2.75) is 0 Å². The molecule has 0 saturated carbocycles. The van der Waals surface area contributed by atoms with Crippen LogP contribution in [-0.4, -0.2) is 19.9 Å². The fraction of sp³-hybridized carbons (Fsp3) is 0. The number of hydrogen-bond donors (Lipinski definition) is 0. The van der Waals surface area contributed by atoms with E-state index in [1.54, 1.807) is 12.1 Å². The molecule has 2 heterocycles. The van der Waals surface area contributed by atoms with Crippen molar-refractivity contribution in [1.82, 2.24) is 19.9 Å². The molecule has 0 aliphatic rings. The molecule has 0 unspecified atom stereocenters. The van der Waals surface area contributed by atoms with Crippen LogP contribution in [0.4, 0.5) is 0 Å². The molecule has 2 aromatic heterocycles. The van der Waals surface area contributed by atoms with Crippen molar-refractivity contribution < 1.29 is 0 Å². The van der Waals surface area contributed by atoms with E-state index < -0.39 is 0 Å². The predicted molar refractivity (Wildman–Crippen MR) is 60.8 cm³/mol. The van der Waals surface area contributed by atoms with E-state index in [1.807, 2.05) is 6.07 Å². The Kier molecular flexibility index (Phi) is 3.14. The molecule has 0 aromatic carbocycles. The van der Waals surface area contributed by atoms with Gasteiger partial charge in [0.1, 0.15) is 10.3 Å². The molecule has 76 valence electrons. The zero-order valence-electron chi connectivity index (χ0n) is 7.15. The topological polar surface area (TPSA) is 51.6 Å². The number of aromatic nitrogens is 4. The van der Waals surface area contributed by atoms with Crippen LogP contribution in [0, 0.1) is 0 Å². The zero-order chi connectivity index (χ0) is 10.8. The highest BCUT2D eigenvalue weighted by Gasteiger charge is 2.07. The third kappa shape index (κ3) is 2.62. The maximum Gasteiger partial charge on any atom is 0.227 e. The van der Waals surface area contributed by atoms with Gasteiger partial charge < -0.3 is 0 Å². The SMILES string of the molecule is Clc1nc(Cl)nc(-c2cccc(Br)n2)n1. The van der Waals surface area contributed by atoms with Gasteiger partial charge in [0.05, 0.1) is 0 Å². The van der Waals surface area contributed by atoms with Crippen molar-refractivity contribution in [3.63, 3.8) is 0 Å². The summed E-state index contributed by atoms with van der Waals surface area (Å²) in [6.45, 7) is 0. The van der Waals surface area contributed by atoms with Gasteiger partial charge in [0.2, 0.25) is 10.6 Å². The molecule has 0 aliphatic heterocycles. The summed E-state index contributed by atoms with van der Waals surface area (Å²) in [6, 6.07) is 5.37. The third-order valence-corrected chi connectivity index (χ3v) is 2.30. The van der Waals surface area contributed by atoms with Crippen LogP contribution < -0.4 is 0 Å². The summed E-state index contributed by atoms with van der Waals surface area (Å²) in [5.41, 5.74) is 0.579. The summed E-state index contributed by atoms with van der Waals surface area (Å²) >= 11 is 14.6. The van der Waals surface area contributed by atoms with Crippen LogP contribution in [0.1, 0.15) is 0 Å². The number of halogens is 3. The lowest BCUT2D eigenvalue weighted by Gasteiger charge is -2.00. The lowest BCUT2D eigenvalue weighted by Crippen LogP contribution is -1.95. The van der Waals surface area contributed by atoms with E-state index in [4.69, 9.17) is 23.2 Å². The Morgan fingerprint density at radius 1 is 0.933 bits per heavy atom. The molecule has 2 rings (SSSR count). The first kappa shape index (κ1) is 10.7. The van der Waals surface area contributed by atoms with E-state index in [0.29, 0.717) is 16.1 Å². The average molecular weight is 306 g/mol. The quantitative estimate of drug-likeness (QED) is 0.760. The van der Waals surface area contributed by atoms with E-state index in [-0.39, 0.29) is 10.6 Å². The molecule has 7 heteroatoms. The largest absolute Gasteiger partial charge is 0.238 e. The van der Waals surface area contributed by atoms with Gasteiger partial charge in [-0.2, -0.15) is 15.0 Å². The van der Waals surface area contributed by atoms with Crippen LogP contribution >= 0.6 is 39.1 Å². The zero-order valence-corrected chi connectivity index (χ0v) is 10.3. The number of nitrogens with zero attached hydrogens (tertiary/aromatic N) is 4. The number of hydrogen-bond acceptors (Lipinski definition) is 4. The Bertz CT molecular complexity index is 486. The second-order valence-corrected chi connectivity index (χ2v) is 4.03. The highest BCUT2D eigenvalue weighted by Crippen LogP contribution is 2.17. The Hall–Kier alpha value is -0.780. The van der Waals surface area contributed by atoms with Crippen molar-refractivity contribution in [2.24, 2.45) is 0 Å². The molecule has 0 N–H and O–H groups in total. The van der Waals surface area contributed by atoms with Gasteiger partial charge in [-0.1, -0.05) is 6.07 Å². The van der Waals surface area contributed by atoms with Gasteiger partial charge in [-0.05, 0) is 51.3 Å². The smallest absolute Gasteiger partial charge is 0.227 e. The van der Waals surface area contributed by atoms with Gasteiger partial charge in [-0.3, -0.25) is 0 Å². The molecule has 0 radical (unpaired) electrons. The summed E-state index contributed by atoms with van der Waals surface area (Å²) in [6.07, 6.45) is 0. The molecular weight excluding hydrogens is 303 g/mol. The maximum absolute atomic E-state index is 5.65. The predicted octanol–water partition coefficient (Wildman–Crippen LogP) is 3.00. The monoisotopic (exact) mass is 304 g/mol. The highest BCUT2D eigenvalue weighted by atomic mass is 79.9. The van der Waals surface area contributed by atoms with Gasteiger partial charge in [0, 0.05) is 0 Å². The fourth-order valence-electron chi connectivity index (χ4n) is 0.973. The maximum atomic E-state index is 5.65. The lowest BCUT2D eigenvalue weighted by molar-refractivity contribution is 1.04. The van der Waals surface area contributed by atoms with Crippen LogP contribution in [0.15, 0.2) is 22.8 Å². The van der Waals surface area contributed by atoms with Crippen molar-refractivity contribution in [3.05, 3.63) is 33.4 Å². The molecule has 0 amide bonds. The normalized spacial score (nSPS) is 10.3. The Balaban J connectivity index is 2.54. The van der Waals surface area contributed by atoms with E-state index in [9.17, 15) is 0 Å². The summed E-state index contributed by atoms with van der Waals surface area (Å²) in [5, 5.41) is 0.0959. The molecule has 15 heavy (non-hydrogen) atoms. The molecule has 0 saturated heterocycles. The van der Waals surface area contributed by atoms with Crippen LogP contribution in [0.2, 0.25) is 10.6 Å². The molecule has 4 nitrogen and oxygen atoms in total. The van der Waals surface area contributed by atoms with Crippen molar-refractivity contribution >= 4 is 39.1 Å². The summed E-state index contributed by atoms with van der Waals surface area (Å²) in [7, 11) is 0. The Morgan fingerprint density at radius 3 is 2.20 bits per heavy atom. The van der Waals surface area contributed by atoms with E-state index >= 15 is 0 Å². The van der Waals surface area contributed by atoms with Crippen molar-refractivity contribution in [3.8, 4) is 11.5 Å². The molecule has 2 aromatic rings. The summed E-state index contributed by atoms with van der Waals surface area (Å²) < 4.78 is 0.688. The van der Waals surface area contributed by atoms with Crippen LogP contribution in [0.25, 0.3) is 11.5 Å². The standard InChI is InChI=1S/C8H3BrCl2N4/c9-5-3-1-2-4(12-5)6-13-7(10)15-8(11)14-6/h1-3H. The van der Waals surface area contributed by atoms with E-state index in [1.165, 1.54) is 0 Å². The molecule has 0 aliphatic carbocycles. The number of pyridine rings is 1. The molecule has 0 fully saturated rings. The fourth-order valence-corrected chi connectivity index (χ4v) is 1.68. The Morgan fingerprint density at radius 2 is 1.60 bits per heavy atom. The van der Waals surface area contributed by atoms with Gasteiger partial charge in [0.15, 0.2) is 5.82 Å². The van der Waals surface area contributed by atoms with E-state index in [2.05, 4.69) is 35.9 Å². The minimum Gasteiger partial charge on any atom is -0.238 e.